The number of nitrogens with one attached hydrogen (secondary N) is 1. The summed E-state index contributed by atoms with van der Waals surface area (Å²) in [7, 11) is 0. The summed E-state index contributed by atoms with van der Waals surface area (Å²) in [6, 6.07) is 7.35. The number of hydrogen-bond acceptors (Lipinski definition) is 2. The number of hydrogen-bond donors (Lipinski definition) is 1. The topological polar surface area (TPSA) is 42.0 Å². The minimum Gasteiger partial charge on any atom is -0.320 e. The van der Waals surface area contributed by atoms with Crippen molar-refractivity contribution in [3.63, 3.8) is 0 Å². The van der Waals surface area contributed by atoms with E-state index in [-0.39, 0.29) is 5.69 Å². The van der Waals surface area contributed by atoms with Gasteiger partial charge in [0.05, 0.1) is 5.69 Å². The highest BCUT2D eigenvalue weighted by Crippen LogP contribution is 2.23. The van der Waals surface area contributed by atoms with Gasteiger partial charge in [0.15, 0.2) is 0 Å². The molecule has 1 aromatic heterocycles. The average molecular weight is 374 g/mol. The zero-order chi connectivity index (χ0) is 13.1. The lowest BCUT2D eigenvalue weighted by Crippen LogP contribution is -2.13. The maximum absolute atomic E-state index is 13.1. The van der Waals surface area contributed by atoms with Crippen LogP contribution in [0.2, 0.25) is 0 Å². The van der Waals surface area contributed by atoms with Crippen LogP contribution in [-0.2, 0) is 0 Å². The SMILES string of the molecule is O=C(Nc1cc(F)ccc1Br)c1ccc(Br)cn1. The smallest absolute Gasteiger partial charge is 0.274 e. The standard InChI is InChI=1S/C12H7Br2FN2O/c13-7-1-4-10(16-6-7)12(18)17-11-5-8(15)2-3-9(11)14/h1-6H,(H,17,18). The van der Waals surface area contributed by atoms with E-state index in [1.165, 1.54) is 24.4 Å². The van der Waals surface area contributed by atoms with Crippen LogP contribution in [0.25, 0.3) is 0 Å². The number of pyridine rings is 1. The van der Waals surface area contributed by atoms with Crippen LogP contribution in [0, 0.1) is 5.82 Å². The lowest BCUT2D eigenvalue weighted by molar-refractivity contribution is 0.102. The van der Waals surface area contributed by atoms with E-state index in [4.69, 9.17) is 0 Å². The van der Waals surface area contributed by atoms with Crippen molar-refractivity contribution in [2.45, 2.75) is 0 Å². The summed E-state index contributed by atoms with van der Waals surface area (Å²) in [6.45, 7) is 0. The molecule has 3 nitrogen and oxygen atoms in total. The van der Waals surface area contributed by atoms with Crippen LogP contribution in [0.4, 0.5) is 10.1 Å². The Morgan fingerprint density at radius 2 is 2.00 bits per heavy atom. The van der Waals surface area contributed by atoms with Gasteiger partial charge in [-0.3, -0.25) is 4.79 Å². The molecule has 0 saturated carbocycles. The lowest BCUT2D eigenvalue weighted by atomic mass is 10.3. The Kier molecular flexibility index (Phi) is 4.08. The largest absolute Gasteiger partial charge is 0.320 e. The van der Waals surface area contributed by atoms with Gasteiger partial charge in [0, 0.05) is 15.1 Å². The van der Waals surface area contributed by atoms with Crippen molar-refractivity contribution in [3.8, 4) is 0 Å². The van der Waals surface area contributed by atoms with Crippen molar-refractivity contribution in [3.05, 3.63) is 57.0 Å². The zero-order valence-electron chi connectivity index (χ0n) is 8.95. The molecular weight excluding hydrogens is 367 g/mol. The zero-order valence-corrected chi connectivity index (χ0v) is 12.1. The highest BCUT2D eigenvalue weighted by molar-refractivity contribution is 9.10. The van der Waals surface area contributed by atoms with Crippen molar-refractivity contribution < 1.29 is 9.18 Å². The quantitative estimate of drug-likeness (QED) is 0.864. The molecule has 0 spiro atoms. The van der Waals surface area contributed by atoms with Crippen LogP contribution < -0.4 is 5.32 Å². The Hall–Kier alpha value is -1.27. The van der Waals surface area contributed by atoms with Gasteiger partial charge in [-0.25, -0.2) is 9.37 Å². The van der Waals surface area contributed by atoms with Crippen LogP contribution in [-0.4, -0.2) is 10.9 Å². The molecule has 0 unspecified atom stereocenters. The number of nitrogens with zero attached hydrogens (tertiary/aromatic N) is 1. The maximum atomic E-state index is 13.1. The molecule has 0 atom stereocenters. The molecule has 18 heavy (non-hydrogen) atoms. The van der Waals surface area contributed by atoms with Gasteiger partial charge in [0.25, 0.3) is 5.91 Å². The third-order valence-electron chi connectivity index (χ3n) is 2.14. The molecule has 0 aliphatic heterocycles. The Labute approximate surface area is 120 Å². The summed E-state index contributed by atoms with van der Waals surface area (Å²) < 4.78 is 14.4. The normalized spacial score (nSPS) is 10.2. The third-order valence-corrected chi connectivity index (χ3v) is 3.30. The number of carbonyl (C=O) groups excluding carboxylic acids is 1. The van der Waals surface area contributed by atoms with Crippen LogP contribution in [0.15, 0.2) is 45.5 Å². The van der Waals surface area contributed by atoms with E-state index in [0.717, 1.165) is 4.47 Å². The molecule has 0 aliphatic carbocycles. The molecule has 0 aliphatic rings. The summed E-state index contributed by atoms with van der Waals surface area (Å²) in [5, 5.41) is 2.58. The van der Waals surface area contributed by atoms with Gasteiger partial charge >= 0.3 is 0 Å². The van der Waals surface area contributed by atoms with E-state index in [0.29, 0.717) is 10.2 Å². The molecular formula is C12H7Br2FN2O. The predicted molar refractivity (Wildman–Crippen MR) is 74.0 cm³/mol. The van der Waals surface area contributed by atoms with Gasteiger partial charge in [-0.05, 0) is 62.2 Å². The first-order chi connectivity index (χ1) is 8.56. The van der Waals surface area contributed by atoms with Crippen molar-refractivity contribution >= 4 is 43.5 Å². The Balaban J connectivity index is 2.21. The molecule has 2 aromatic rings. The Morgan fingerprint density at radius 3 is 2.67 bits per heavy atom. The molecule has 2 rings (SSSR count). The van der Waals surface area contributed by atoms with Gasteiger partial charge in [0.1, 0.15) is 11.5 Å². The number of anilines is 1. The molecule has 0 bridgehead atoms. The lowest BCUT2D eigenvalue weighted by Gasteiger charge is -2.07. The van der Waals surface area contributed by atoms with Gasteiger partial charge < -0.3 is 5.32 Å². The van der Waals surface area contributed by atoms with Crippen molar-refractivity contribution in [1.29, 1.82) is 0 Å². The molecule has 92 valence electrons. The van der Waals surface area contributed by atoms with Gasteiger partial charge in [-0.2, -0.15) is 0 Å². The van der Waals surface area contributed by atoms with Crippen molar-refractivity contribution in [1.82, 2.24) is 4.98 Å². The molecule has 1 aromatic carbocycles. The minimum absolute atomic E-state index is 0.259. The van der Waals surface area contributed by atoms with Crippen LogP contribution in [0.1, 0.15) is 10.5 Å². The molecule has 0 radical (unpaired) electrons. The number of benzene rings is 1. The molecule has 1 N–H and O–H groups in total. The van der Waals surface area contributed by atoms with Crippen LogP contribution in [0.5, 0.6) is 0 Å². The highest BCUT2D eigenvalue weighted by Gasteiger charge is 2.10. The van der Waals surface area contributed by atoms with E-state index in [1.807, 2.05) is 0 Å². The minimum atomic E-state index is -0.419. The summed E-state index contributed by atoms with van der Waals surface area (Å²) >= 11 is 6.47. The molecule has 0 saturated heterocycles. The van der Waals surface area contributed by atoms with E-state index >= 15 is 0 Å². The Morgan fingerprint density at radius 1 is 1.22 bits per heavy atom. The number of aromatic nitrogens is 1. The third kappa shape index (κ3) is 3.14. The summed E-state index contributed by atoms with van der Waals surface area (Å²) in [5.74, 6) is -0.814. The Bertz CT molecular complexity index is 587. The summed E-state index contributed by atoms with van der Waals surface area (Å²) in [6.07, 6.45) is 1.52. The van der Waals surface area contributed by atoms with Crippen LogP contribution in [0.3, 0.4) is 0 Å². The van der Waals surface area contributed by atoms with E-state index in [9.17, 15) is 9.18 Å². The van der Waals surface area contributed by atoms with Crippen LogP contribution >= 0.6 is 31.9 Å². The van der Waals surface area contributed by atoms with E-state index < -0.39 is 11.7 Å². The first-order valence-corrected chi connectivity index (χ1v) is 6.53. The fraction of sp³-hybridized carbons (Fsp3) is 0. The molecule has 1 heterocycles. The molecule has 0 fully saturated rings. The monoisotopic (exact) mass is 372 g/mol. The predicted octanol–water partition coefficient (Wildman–Crippen LogP) is 4.00. The molecule has 1 amide bonds. The van der Waals surface area contributed by atoms with Crippen molar-refractivity contribution in [2.75, 3.05) is 5.32 Å². The first-order valence-electron chi connectivity index (χ1n) is 4.94. The van der Waals surface area contributed by atoms with Crippen molar-refractivity contribution in [2.24, 2.45) is 0 Å². The maximum Gasteiger partial charge on any atom is 0.274 e. The number of carbonyl (C=O) groups is 1. The van der Waals surface area contributed by atoms with E-state index in [1.54, 1.807) is 12.1 Å². The van der Waals surface area contributed by atoms with Gasteiger partial charge in [0.2, 0.25) is 0 Å². The fourth-order valence-electron chi connectivity index (χ4n) is 1.29. The second kappa shape index (κ2) is 5.58. The van der Waals surface area contributed by atoms with Gasteiger partial charge in [-0.1, -0.05) is 0 Å². The molecule has 6 heteroatoms. The van der Waals surface area contributed by atoms with E-state index in [2.05, 4.69) is 42.2 Å². The number of rotatable bonds is 2. The summed E-state index contributed by atoms with van der Waals surface area (Å²) in [4.78, 5) is 15.8. The first kappa shape index (κ1) is 13.2. The summed E-state index contributed by atoms with van der Waals surface area (Å²) in [5.41, 5.74) is 0.624. The average Bonchev–Trinajstić information content (AvgIpc) is 2.34. The second-order valence-corrected chi connectivity index (χ2v) is 5.21. The number of amides is 1. The fourth-order valence-corrected chi connectivity index (χ4v) is 1.87. The second-order valence-electron chi connectivity index (χ2n) is 3.44. The highest BCUT2D eigenvalue weighted by atomic mass is 79.9. The number of halogens is 3. The van der Waals surface area contributed by atoms with Gasteiger partial charge in [-0.15, -0.1) is 0 Å².